The summed E-state index contributed by atoms with van der Waals surface area (Å²) in [5.74, 6) is 1.37. The summed E-state index contributed by atoms with van der Waals surface area (Å²) in [6, 6.07) is 22.9. The molecule has 1 saturated heterocycles. The molecule has 4 heteroatoms. The fourth-order valence-corrected chi connectivity index (χ4v) is 5.25. The molecule has 170 valence electrons. The number of carbonyl (C=O) groups excluding carboxylic acids is 1. The van der Waals surface area contributed by atoms with Crippen LogP contribution in [0.25, 0.3) is 21.8 Å². The third kappa shape index (κ3) is 4.39. The van der Waals surface area contributed by atoms with Gasteiger partial charge in [-0.2, -0.15) is 0 Å². The van der Waals surface area contributed by atoms with Crippen LogP contribution in [0.15, 0.2) is 66.7 Å². The summed E-state index contributed by atoms with van der Waals surface area (Å²) in [5, 5.41) is 2.30. The molecule has 1 fully saturated rings. The lowest BCUT2D eigenvalue weighted by Crippen LogP contribution is -2.24. The monoisotopic (exact) mass is 439 g/mol. The molecule has 1 unspecified atom stereocenters. The second kappa shape index (κ2) is 9.78. The van der Waals surface area contributed by atoms with Crippen molar-refractivity contribution in [1.82, 2.24) is 9.55 Å². The quantitative estimate of drug-likeness (QED) is 0.262. The Kier molecular flexibility index (Phi) is 6.43. The first-order valence-electron chi connectivity index (χ1n) is 12.5. The minimum atomic E-state index is 0.115. The highest BCUT2D eigenvalue weighted by atomic mass is 16.2. The number of hydrogen-bond acceptors (Lipinski definition) is 2. The van der Waals surface area contributed by atoms with E-state index in [0.717, 1.165) is 35.4 Å². The van der Waals surface area contributed by atoms with Crippen molar-refractivity contribution < 1.29 is 4.79 Å². The van der Waals surface area contributed by atoms with Gasteiger partial charge < -0.3 is 9.47 Å². The van der Waals surface area contributed by atoms with Gasteiger partial charge in [-0.15, -0.1) is 0 Å². The van der Waals surface area contributed by atoms with E-state index in [1.807, 2.05) is 23.1 Å². The molecule has 1 aliphatic rings. The van der Waals surface area contributed by atoms with Gasteiger partial charge in [-0.3, -0.25) is 4.79 Å². The van der Waals surface area contributed by atoms with Gasteiger partial charge in [0.1, 0.15) is 5.82 Å². The second-order valence-corrected chi connectivity index (χ2v) is 9.28. The molecule has 0 spiro atoms. The first-order chi connectivity index (χ1) is 16.3. The Morgan fingerprint density at radius 3 is 2.55 bits per heavy atom. The van der Waals surface area contributed by atoms with Crippen molar-refractivity contribution in [3.8, 4) is 0 Å². The number of aromatic nitrogens is 2. The number of benzene rings is 3. The summed E-state index contributed by atoms with van der Waals surface area (Å²) in [4.78, 5) is 20.2. The number of hydrogen-bond donors (Lipinski definition) is 0. The van der Waals surface area contributed by atoms with Crippen molar-refractivity contribution in [2.45, 2.75) is 64.3 Å². The fraction of sp³-hybridized carbons (Fsp3) is 0.379. The predicted octanol–water partition coefficient (Wildman–Crippen LogP) is 7.07. The number of anilines is 1. The zero-order chi connectivity index (χ0) is 22.6. The van der Waals surface area contributed by atoms with E-state index in [1.54, 1.807) is 0 Å². The van der Waals surface area contributed by atoms with Crippen LogP contribution in [0.3, 0.4) is 0 Å². The van der Waals surface area contributed by atoms with Gasteiger partial charge in [-0.25, -0.2) is 4.98 Å². The molecule has 1 aliphatic heterocycles. The lowest BCUT2D eigenvalue weighted by Gasteiger charge is -2.19. The highest BCUT2D eigenvalue weighted by Crippen LogP contribution is 2.36. The van der Waals surface area contributed by atoms with Crippen LogP contribution in [0.2, 0.25) is 0 Å². The van der Waals surface area contributed by atoms with Gasteiger partial charge in [0.25, 0.3) is 0 Å². The van der Waals surface area contributed by atoms with Crippen molar-refractivity contribution in [1.29, 1.82) is 0 Å². The van der Waals surface area contributed by atoms with E-state index in [4.69, 9.17) is 4.98 Å². The lowest BCUT2D eigenvalue weighted by molar-refractivity contribution is -0.117. The third-order valence-electron chi connectivity index (χ3n) is 6.97. The molecule has 1 atom stereocenters. The molecule has 0 aliphatic carbocycles. The highest BCUT2D eigenvalue weighted by molar-refractivity contribution is 6.05. The van der Waals surface area contributed by atoms with Crippen molar-refractivity contribution in [2.24, 2.45) is 0 Å². The van der Waals surface area contributed by atoms with E-state index in [-0.39, 0.29) is 11.8 Å². The zero-order valence-electron chi connectivity index (χ0n) is 19.5. The van der Waals surface area contributed by atoms with Crippen LogP contribution in [0.4, 0.5) is 5.69 Å². The second-order valence-electron chi connectivity index (χ2n) is 9.28. The maximum Gasteiger partial charge on any atom is 0.227 e. The van der Waals surface area contributed by atoms with E-state index >= 15 is 0 Å². The fourth-order valence-electron chi connectivity index (χ4n) is 5.25. The third-order valence-corrected chi connectivity index (χ3v) is 6.97. The molecule has 2 heterocycles. The Balaban J connectivity index is 1.40. The minimum Gasteiger partial charge on any atom is -0.328 e. The Bertz CT molecular complexity index is 1250. The number of nitrogens with zero attached hydrogens (tertiary/aromatic N) is 3. The Hall–Kier alpha value is -3.14. The summed E-state index contributed by atoms with van der Waals surface area (Å²) >= 11 is 0. The van der Waals surface area contributed by atoms with Gasteiger partial charge in [-0.05, 0) is 30.0 Å². The summed E-state index contributed by atoms with van der Waals surface area (Å²) in [5.41, 5.74) is 3.24. The topological polar surface area (TPSA) is 38.1 Å². The molecule has 3 aromatic carbocycles. The average molecular weight is 440 g/mol. The molecule has 0 radical (unpaired) electrons. The highest BCUT2D eigenvalue weighted by Gasteiger charge is 2.35. The molecule has 0 bridgehead atoms. The van der Waals surface area contributed by atoms with E-state index in [0.29, 0.717) is 13.0 Å². The van der Waals surface area contributed by atoms with Crippen molar-refractivity contribution in [2.75, 3.05) is 11.4 Å². The molecule has 4 nitrogen and oxygen atoms in total. The van der Waals surface area contributed by atoms with E-state index in [9.17, 15) is 4.79 Å². The molecule has 0 saturated carbocycles. The summed E-state index contributed by atoms with van der Waals surface area (Å²) in [6.45, 7) is 3.92. The van der Waals surface area contributed by atoms with Gasteiger partial charge in [0.15, 0.2) is 0 Å². The number of aryl methyl sites for hydroxylation is 1. The number of rotatable bonds is 9. The normalized spacial score (nSPS) is 16.3. The first kappa shape index (κ1) is 21.7. The standard InChI is InChI=1S/C29H33N3O/c1-2-3-4-5-6-11-19-31-27-17-10-9-16-25(27)30-29(31)23-20-28(33)32(21-23)26-18-12-14-22-13-7-8-15-24(22)26/h7-10,12-18,23H,2-6,11,19-21H2,1H3. The number of fused-ring (bicyclic) bond motifs is 2. The Morgan fingerprint density at radius 1 is 0.879 bits per heavy atom. The van der Waals surface area contributed by atoms with E-state index in [1.165, 1.54) is 43.0 Å². The molecule has 5 rings (SSSR count). The van der Waals surface area contributed by atoms with Crippen LogP contribution >= 0.6 is 0 Å². The van der Waals surface area contributed by atoms with Crippen molar-refractivity contribution >= 4 is 33.4 Å². The summed E-state index contributed by atoms with van der Waals surface area (Å²) < 4.78 is 2.39. The predicted molar refractivity (Wildman–Crippen MR) is 137 cm³/mol. The zero-order valence-corrected chi connectivity index (χ0v) is 19.5. The van der Waals surface area contributed by atoms with E-state index in [2.05, 4.69) is 60.0 Å². The van der Waals surface area contributed by atoms with Crippen molar-refractivity contribution in [3.05, 3.63) is 72.6 Å². The van der Waals surface area contributed by atoms with Gasteiger partial charge in [0, 0.05) is 30.8 Å². The number of amides is 1. The smallest absolute Gasteiger partial charge is 0.227 e. The summed E-state index contributed by atoms with van der Waals surface area (Å²) in [7, 11) is 0. The Labute approximate surface area is 196 Å². The molecule has 0 N–H and O–H groups in total. The van der Waals surface area contributed by atoms with Crippen LogP contribution < -0.4 is 4.90 Å². The van der Waals surface area contributed by atoms with Crippen molar-refractivity contribution in [3.63, 3.8) is 0 Å². The average Bonchev–Trinajstić information content (AvgIpc) is 3.41. The molecule has 4 aromatic rings. The Morgan fingerprint density at radius 2 is 1.64 bits per heavy atom. The SMILES string of the molecule is CCCCCCCCn1c(C2CC(=O)N(c3cccc4ccccc34)C2)nc2ccccc21. The van der Waals surface area contributed by atoms with Crippen LogP contribution in [-0.4, -0.2) is 22.0 Å². The minimum absolute atomic E-state index is 0.115. The van der Waals surface area contributed by atoms with Gasteiger partial charge in [0.05, 0.1) is 16.7 Å². The lowest BCUT2D eigenvalue weighted by atomic mass is 10.1. The number of carbonyl (C=O) groups is 1. The van der Waals surface area contributed by atoms with Crippen LogP contribution in [0.1, 0.15) is 63.6 Å². The van der Waals surface area contributed by atoms with Gasteiger partial charge in [-0.1, -0.05) is 87.6 Å². The molecule has 1 amide bonds. The molecule has 1 aromatic heterocycles. The van der Waals surface area contributed by atoms with E-state index < -0.39 is 0 Å². The largest absolute Gasteiger partial charge is 0.328 e. The maximum atomic E-state index is 13.2. The van der Waals surface area contributed by atoms with Crippen LogP contribution in [-0.2, 0) is 11.3 Å². The number of unbranched alkanes of at least 4 members (excludes halogenated alkanes) is 5. The molecule has 33 heavy (non-hydrogen) atoms. The van der Waals surface area contributed by atoms with Crippen LogP contribution in [0, 0.1) is 0 Å². The summed E-state index contributed by atoms with van der Waals surface area (Å²) in [6.07, 6.45) is 8.15. The van der Waals surface area contributed by atoms with Gasteiger partial charge >= 0.3 is 0 Å². The van der Waals surface area contributed by atoms with Crippen LogP contribution in [0.5, 0.6) is 0 Å². The maximum absolute atomic E-state index is 13.2. The number of para-hydroxylation sites is 2. The van der Waals surface area contributed by atoms with Gasteiger partial charge in [0.2, 0.25) is 5.91 Å². The molecular formula is C29H33N3O. The number of imidazole rings is 1. The molecular weight excluding hydrogens is 406 g/mol. The first-order valence-corrected chi connectivity index (χ1v) is 12.5.